The van der Waals surface area contributed by atoms with E-state index in [0.29, 0.717) is 18.5 Å². The number of nitrogens with zero attached hydrogens (tertiary/aromatic N) is 3. The maximum absolute atomic E-state index is 14.2. The van der Waals surface area contributed by atoms with E-state index < -0.39 is 46.7 Å². The maximum Gasteiger partial charge on any atom is 0.328 e. The number of para-hydroxylation sites is 1. The van der Waals surface area contributed by atoms with Crippen LogP contribution >= 0.6 is 0 Å². The van der Waals surface area contributed by atoms with E-state index in [1.807, 2.05) is 30.3 Å². The summed E-state index contributed by atoms with van der Waals surface area (Å²) in [6.07, 6.45) is 0.500. The fraction of sp³-hybridized carbons (Fsp3) is 0.115. The number of halogens is 6. The summed E-state index contributed by atoms with van der Waals surface area (Å²) in [5.74, 6) is -13.4. The van der Waals surface area contributed by atoms with Crippen molar-refractivity contribution in [2.75, 3.05) is 17.2 Å². The fourth-order valence-electron chi connectivity index (χ4n) is 3.73. The van der Waals surface area contributed by atoms with Crippen molar-refractivity contribution in [3.8, 4) is 11.8 Å². The Hall–Kier alpha value is -4.81. The van der Waals surface area contributed by atoms with Crippen molar-refractivity contribution >= 4 is 22.8 Å². The van der Waals surface area contributed by atoms with Crippen molar-refractivity contribution < 1.29 is 31.1 Å². The first-order valence-corrected chi connectivity index (χ1v) is 11.5. The highest BCUT2D eigenvalue weighted by molar-refractivity contribution is 5.80. The summed E-state index contributed by atoms with van der Waals surface area (Å²) in [6, 6.07) is 14.6. The van der Waals surface area contributed by atoms with Crippen LogP contribution in [0.4, 0.5) is 38.2 Å². The number of aromatic nitrogens is 4. The summed E-state index contributed by atoms with van der Waals surface area (Å²) >= 11 is 0. The highest BCUT2D eigenvalue weighted by atomic mass is 19.2. The molecular weight excluding hydrogens is 526 g/mol. The molecule has 0 saturated carbocycles. The zero-order valence-electron chi connectivity index (χ0n) is 19.8. The lowest BCUT2D eigenvalue weighted by molar-refractivity contribution is 0.322. The molecule has 0 amide bonds. The lowest BCUT2D eigenvalue weighted by atomic mass is 10.2. The average Bonchev–Trinajstić information content (AvgIpc) is 3.35. The number of benzene rings is 3. The summed E-state index contributed by atoms with van der Waals surface area (Å²) < 4.78 is 87.5. The molecule has 3 N–H and O–H groups in total. The van der Waals surface area contributed by atoms with Crippen molar-refractivity contribution in [3.63, 3.8) is 0 Å². The molecule has 0 atom stereocenters. The molecule has 0 unspecified atom stereocenters. The van der Waals surface area contributed by atoms with E-state index in [2.05, 4.69) is 30.6 Å². The number of fused-ring (bicyclic) bond motifs is 1. The predicted molar refractivity (Wildman–Crippen MR) is 130 cm³/mol. The van der Waals surface area contributed by atoms with E-state index in [9.17, 15) is 26.3 Å². The largest absolute Gasteiger partial charge is 0.418 e. The van der Waals surface area contributed by atoms with E-state index >= 15 is 0 Å². The van der Waals surface area contributed by atoms with E-state index in [1.54, 1.807) is 6.07 Å². The monoisotopic (exact) mass is 544 g/mol. The Morgan fingerprint density at radius 3 is 2.13 bits per heavy atom. The first-order chi connectivity index (χ1) is 18.8. The van der Waals surface area contributed by atoms with E-state index in [0.717, 1.165) is 16.6 Å². The molecule has 13 heteroatoms. The quantitative estimate of drug-likeness (QED) is 0.116. The molecule has 2 aromatic heterocycles. The molecule has 3 aromatic carbocycles. The molecule has 200 valence electrons. The Labute approximate surface area is 216 Å². The number of hydrogen-bond acceptors (Lipinski definition) is 6. The molecule has 0 fully saturated rings. The lowest BCUT2D eigenvalue weighted by Crippen LogP contribution is -2.13. The number of H-pyrrole nitrogens is 1. The Bertz CT molecular complexity index is 1600. The molecule has 7 nitrogen and oxygen atoms in total. The molecule has 39 heavy (non-hydrogen) atoms. The highest BCUT2D eigenvalue weighted by Gasteiger charge is 2.28. The Balaban J connectivity index is 1.39. The molecule has 5 aromatic rings. The van der Waals surface area contributed by atoms with Gasteiger partial charge in [-0.1, -0.05) is 30.3 Å². The maximum atomic E-state index is 14.2. The number of anilines is 2. The lowest BCUT2D eigenvalue weighted by Gasteiger charge is -2.12. The van der Waals surface area contributed by atoms with Gasteiger partial charge in [0.2, 0.25) is 46.7 Å². The minimum absolute atomic E-state index is 0.0399. The van der Waals surface area contributed by atoms with Crippen LogP contribution in [-0.4, -0.2) is 26.5 Å². The highest BCUT2D eigenvalue weighted by Crippen LogP contribution is 2.32. The molecule has 0 aliphatic rings. The third kappa shape index (κ3) is 5.71. The first-order valence-electron chi connectivity index (χ1n) is 11.5. The second-order valence-electron chi connectivity index (χ2n) is 8.31. The second-order valence-corrected chi connectivity index (χ2v) is 8.31. The summed E-state index contributed by atoms with van der Waals surface area (Å²) in [4.78, 5) is 15.2. The third-order valence-corrected chi connectivity index (χ3v) is 5.58. The van der Waals surface area contributed by atoms with Gasteiger partial charge in [0.15, 0.2) is 0 Å². The van der Waals surface area contributed by atoms with Gasteiger partial charge >= 0.3 is 6.01 Å². The zero-order valence-corrected chi connectivity index (χ0v) is 19.8. The van der Waals surface area contributed by atoms with Crippen molar-refractivity contribution in [1.82, 2.24) is 19.9 Å². The van der Waals surface area contributed by atoms with Gasteiger partial charge in [-0.3, -0.25) is 0 Å². The van der Waals surface area contributed by atoms with Crippen LogP contribution in [0.3, 0.4) is 0 Å². The van der Waals surface area contributed by atoms with Crippen molar-refractivity contribution in [2.45, 2.75) is 13.0 Å². The fourth-order valence-corrected chi connectivity index (χ4v) is 3.73. The standard InChI is InChI=1S/C26H18F6N6O/c27-15-6-3-4-13(10-15)12-34-25-36-24(33-9-8-16-11-14-5-1-2-7-17(14)35-16)37-26(38-25)39-23-21(31)19(29)18(28)20(30)22(23)32/h1-7,10-11,35H,8-9,12H2,(H2,33,34,36,37,38). The number of rotatable bonds is 9. The van der Waals surface area contributed by atoms with Gasteiger partial charge in [-0.2, -0.15) is 23.7 Å². The topological polar surface area (TPSA) is 87.8 Å². The molecule has 2 heterocycles. The van der Waals surface area contributed by atoms with Crippen LogP contribution in [0.1, 0.15) is 11.3 Å². The summed E-state index contributed by atoms with van der Waals surface area (Å²) in [5, 5.41) is 6.73. The van der Waals surface area contributed by atoms with Crippen molar-refractivity contribution in [2.24, 2.45) is 0 Å². The van der Waals surface area contributed by atoms with E-state index in [-0.39, 0.29) is 18.4 Å². The zero-order chi connectivity index (χ0) is 27.5. The van der Waals surface area contributed by atoms with Crippen LogP contribution in [0.2, 0.25) is 0 Å². The van der Waals surface area contributed by atoms with Crippen molar-refractivity contribution in [1.29, 1.82) is 0 Å². The van der Waals surface area contributed by atoms with E-state index in [4.69, 9.17) is 4.74 Å². The summed E-state index contributed by atoms with van der Waals surface area (Å²) in [5.41, 5.74) is 2.38. The normalized spacial score (nSPS) is 11.1. The summed E-state index contributed by atoms with van der Waals surface area (Å²) in [6.45, 7) is 0.334. The average molecular weight is 544 g/mol. The first kappa shape index (κ1) is 25.8. The van der Waals surface area contributed by atoms with Gasteiger partial charge in [0.1, 0.15) is 5.82 Å². The molecule has 5 rings (SSSR count). The predicted octanol–water partition coefficient (Wildman–Crippen LogP) is 6.25. The minimum atomic E-state index is -2.33. The van der Waals surface area contributed by atoms with Gasteiger partial charge in [0.05, 0.1) is 0 Å². The Kier molecular flexibility index (Phi) is 7.21. The van der Waals surface area contributed by atoms with Gasteiger partial charge in [-0.15, -0.1) is 0 Å². The van der Waals surface area contributed by atoms with Crippen LogP contribution in [0.25, 0.3) is 10.9 Å². The molecule has 0 spiro atoms. The molecule has 0 aliphatic heterocycles. The van der Waals surface area contributed by atoms with Crippen LogP contribution in [-0.2, 0) is 13.0 Å². The molecule has 0 saturated heterocycles. The summed E-state index contributed by atoms with van der Waals surface area (Å²) in [7, 11) is 0. The third-order valence-electron chi connectivity index (χ3n) is 5.58. The Morgan fingerprint density at radius 1 is 0.718 bits per heavy atom. The van der Waals surface area contributed by atoms with Crippen molar-refractivity contribution in [3.05, 3.63) is 101 Å². The van der Waals surface area contributed by atoms with Crippen LogP contribution in [0, 0.1) is 34.9 Å². The molecule has 0 aliphatic carbocycles. The smallest absolute Gasteiger partial charge is 0.328 e. The van der Waals surface area contributed by atoms with Gasteiger partial charge < -0.3 is 20.4 Å². The minimum Gasteiger partial charge on any atom is -0.418 e. The number of nitrogens with one attached hydrogen (secondary N) is 3. The molecular formula is C26H18F6N6O. The van der Waals surface area contributed by atoms with Gasteiger partial charge in [-0.25, -0.2) is 17.6 Å². The second kappa shape index (κ2) is 10.9. The number of aromatic amines is 1. The van der Waals surface area contributed by atoms with Gasteiger partial charge in [0, 0.05) is 30.7 Å². The van der Waals surface area contributed by atoms with Crippen LogP contribution < -0.4 is 15.4 Å². The Morgan fingerprint density at radius 2 is 1.41 bits per heavy atom. The number of hydrogen-bond donors (Lipinski definition) is 3. The number of ether oxygens (including phenoxy) is 1. The van der Waals surface area contributed by atoms with Crippen LogP contribution in [0.5, 0.6) is 11.8 Å². The van der Waals surface area contributed by atoms with Gasteiger partial charge in [-0.05, 0) is 35.2 Å². The molecule has 0 radical (unpaired) electrons. The van der Waals surface area contributed by atoms with Crippen LogP contribution in [0.15, 0.2) is 54.6 Å². The van der Waals surface area contributed by atoms with Gasteiger partial charge in [0.25, 0.3) is 0 Å². The SMILES string of the molecule is Fc1cccc(CNc2nc(NCCc3cc4ccccc4[nH]3)nc(Oc3c(F)c(F)c(F)c(F)c3F)n2)c1. The van der Waals surface area contributed by atoms with E-state index in [1.165, 1.54) is 18.2 Å². The molecule has 0 bridgehead atoms.